The minimum absolute atomic E-state index is 0.292. The Bertz CT molecular complexity index is 576. The van der Waals surface area contributed by atoms with Crippen LogP contribution in [0, 0.1) is 11.6 Å². The van der Waals surface area contributed by atoms with Crippen molar-refractivity contribution in [3.8, 4) is 0 Å². The van der Waals surface area contributed by atoms with Crippen molar-refractivity contribution < 1.29 is 13.9 Å². The average Bonchev–Trinajstić information content (AvgIpc) is 2.79. The molecule has 4 nitrogen and oxygen atoms in total. The molecule has 0 saturated heterocycles. The molecule has 6 heteroatoms. The van der Waals surface area contributed by atoms with Gasteiger partial charge in [0.1, 0.15) is 11.3 Å². The zero-order valence-corrected chi connectivity index (χ0v) is 10.8. The highest BCUT2D eigenvalue weighted by Gasteiger charge is 2.20. The fourth-order valence-electron chi connectivity index (χ4n) is 1.66. The lowest BCUT2D eigenvalue weighted by molar-refractivity contribution is 0.0737. The van der Waals surface area contributed by atoms with Crippen LogP contribution < -0.4 is 0 Å². The van der Waals surface area contributed by atoms with Crippen LogP contribution in [-0.4, -0.2) is 20.1 Å². The Balaban J connectivity index is 2.07. The fourth-order valence-corrected chi connectivity index (χ4v) is 1.66. The number of hydrogen-bond acceptors (Lipinski definition) is 3. The molecule has 0 unspecified atom stereocenters. The normalized spacial score (nSPS) is 11.8. The Hall–Kier alpha value is -1.82. The van der Waals surface area contributed by atoms with Crippen LogP contribution in [0.2, 0.25) is 0 Å². The lowest BCUT2D eigenvalue weighted by Crippen LogP contribution is -2.15. The zero-order valence-electron chi connectivity index (χ0n) is 10.8. The number of aliphatic hydroxyl groups is 1. The zero-order chi connectivity index (χ0) is 14.0. The molecule has 19 heavy (non-hydrogen) atoms. The molecule has 0 spiro atoms. The van der Waals surface area contributed by atoms with E-state index in [4.69, 9.17) is 0 Å². The van der Waals surface area contributed by atoms with Crippen LogP contribution in [0.4, 0.5) is 8.78 Å². The van der Waals surface area contributed by atoms with E-state index in [1.807, 2.05) is 0 Å². The standard InChI is InChI=1S/C13H15F2N3O/c1-13(2,19)11-8-18(17-16-11)7-6-9-4-3-5-10(14)12(9)15/h3-5,8,19H,6-7H2,1-2H3. The van der Waals surface area contributed by atoms with Crippen LogP contribution in [0.15, 0.2) is 24.4 Å². The van der Waals surface area contributed by atoms with Gasteiger partial charge in [0, 0.05) is 6.54 Å². The Morgan fingerprint density at radius 3 is 2.68 bits per heavy atom. The number of nitrogens with zero attached hydrogens (tertiary/aromatic N) is 3. The highest BCUT2D eigenvalue weighted by molar-refractivity contribution is 5.19. The summed E-state index contributed by atoms with van der Waals surface area (Å²) in [6.45, 7) is 3.57. The molecule has 0 radical (unpaired) electrons. The summed E-state index contributed by atoms with van der Waals surface area (Å²) in [5.74, 6) is -1.68. The van der Waals surface area contributed by atoms with Crippen LogP contribution in [-0.2, 0) is 18.6 Å². The molecule has 0 atom stereocenters. The van der Waals surface area contributed by atoms with Crippen LogP contribution in [0.1, 0.15) is 25.1 Å². The van der Waals surface area contributed by atoms with Gasteiger partial charge in [0.25, 0.3) is 0 Å². The predicted octanol–water partition coefficient (Wildman–Crippen LogP) is 2.03. The van der Waals surface area contributed by atoms with E-state index in [0.29, 0.717) is 24.2 Å². The number of rotatable bonds is 4. The van der Waals surface area contributed by atoms with Crippen molar-refractivity contribution in [3.63, 3.8) is 0 Å². The van der Waals surface area contributed by atoms with Crippen molar-refractivity contribution in [1.29, 1.82) is 0 Å². The number of benzene rings is 1. The molecule has 0 fully saturated rings. The first-order valence-corrected chi connectivity index (χ1v) is 5.94. The summed E-state index contributed by atoms with van der Waals surface area (Å²) in [4.78, 5) is 0. The summed E-state index contributed by atoms with van der Waals surface area (Å²) in [5, 5.41) is 17.4. The number of aromatic nitrogens is 3. The molecule has 0 bridgehead atoms. The summed E-state index contributed by atoms with van der Waals surface area (Å²) in [6, 6.07) is 4.09. The summed E-state index contributed by atoms with van der Waals surface area (Å²) >= 11 is 0. The molecule has 0 amide bonds. The molecule has 0 saturated carbocycles. The van der Waals surface area contributed by atoms with Crippen molar-refractivity contribution in [2.24, 2.45) is 0 Å². The minimum atomic E-state index is -1.07. The van der Waals surface area contributed by atoms with E-state index in [0.717, 1.165) is 6.07 Å². The first-order valence-electron chi connectivity index (χ1n) is 5.94. The second-order valence-corrected chi connectivity index (χ2v) is 4.89. The largest absolute Gasteiger partial charge is 0.384 e. The molecule has 1 aromatic heterocycles. The molecule has 1 N–H and O–H groups in total. The van der Waals surface area contributed by atoms with E-state index in [1.54, 1.807) is 20.0 Å². The molecule has 1 aromatic carbocycles. The van der Waals surface area contributed by atoms with Gasteiger partial charge in [0.15, 0.2) is 11.6 Å². The third kappa shape index (κ3) is 3.14. The van der Waals surface area contributed by atoms with Crippen molar-refractivity contribution in [1.82, 2.24) is 15.0 Å². The average molecular weight is 267 g/mol. The topological polar surface area (TPSA) is 50.9 Å². The molecule has 0 aliphatic rings. The first kappa shape index (κ1) is 13.6. The predicted molar refractivity (Wildman–Crippen MR) is 65.3 cm³/mol. The smallest absolute Gasteiger partial charge is 0.162 e. The molecule has 1 heterocycles. The van der Waals surface area contributed by atoms with Crippen LogP contribution in [0.5, 0.6) is 0 Å². The molecule has 2 rings (SSSR count). The molecular weight excluding hydrogens is 252 g/mol. The maximum Gasteiger partial charge on any atom is 0.162 e. The van der Waals surface area contributed by atoms with Crippen LogP contribution in [0.25, 0.3) is 0 Å². The fraction of sp³-hybridized carbons (Fsp3) is 0.385. The SMILES string of the molecule is CC(C)(O)c1cn(CCc2cccc(F)c2F)nn1. The van der Waals surface area contributed by atoms with Crippen molar-refractivity contribution in [2.75, 3.05) is 0 Å². The summed E-state index contributed by atoms with van der Waals surface area (Å²) in [5.41, 5.74) is -0.338. The number of halogens is 2. The van der Waals surface area contributed by atoms with Crippen molar-refractivity contribution >= 4 is 0 Å². The molecule has 0 aliphatic heterocycles. The Morgan fingerprint density at radius 2 is 2.05 bits per heavy atom. The van der Waals surface area contributed by atoms with Gasteiger partial charge in [-0.3, -0.25) is 4.68 Å². The van der Waals surface area contributed by atoms with Crippen LogP contribution in [0.3, 0.4) is 0 Å². The van der Waals surface area contributed by atoms with E-state index in [2.05, 4.69) is 10.3 Å². The highest BCUT2D eigenvalue weighted by atomic mass is 19.2. The Kier molecular flexibility index (Phi) is 3.61. The lowest BCUT2D eigenvalue weighted by Gasteiger charge is -2.11. The third-order valence-corrected chi connectivity index (χ3v) is 2.81. The lowest BCUT2D eigenvalue weighted by atomic mass is 10.1. The maximum atomic E-state index is 13.4. The molecule has 0 aliphatic carbocycles. The van der Waals surface area contributed by atoms with Gasteiger partial charge < -0.3 is 5.11 Å². The second kappa shape index (κ2) is 5.05. The Morgan fingerprint density at radius 1 is 1.32 bits per heavy atom. The van der Waals surface area contributed by atoms with Gasteiger partial charge in [-0.15, -0.1) is 5.10 Å². The Labute approximate surface area is 109 Å². The van der Waals surface area contributed by atoms with E-state index in [9.17, 15) is 13.9 Å². The van der Waals surface area contributed by atoms with Gasteiger partial charge in [-0.25, -0.2) is 8.78 Å². The summed E-state index contributed by atoms with van der Waals surface area (Å²) in [6.07, 6.45) is 1.90. The van der Waals surface area contributed by atoms with E-state index in [1.165, 1.54) is 16.8 Å². The van der Waals surface area contributed by atoms with Crippen molar-refractivity contribution in [2.45, 2.75) is 32.4 Å². The molecule has 2 aromatic rings. The van der Waals surface area contributed by atoms with Gasteiger partial charge in [-0.2, -0.15) is 0 Å². The summed E-state index contributed by atoms with van der Waals surface area (Å²) in [7, 11) is 0. The first-order chi connectivity index (χ1) is 8.88. The number of hydrogen-bond donors (Lipinski definition) is 1. The van der Waals surface area contributed by atoms with Crippen LogP contribution >= 0.6 is 0 Å². The van der Waals surface area contributed by atoms with E-state index >= 15 is 0 Å². The van der Waals surface area contributed by atoms with Crippen molar-refractivity contribution in [3.05, 3.63) is 47.3 Å². The van der Waals surface area contributed by atoms with Gasteiger partial charge in [-0.1, -0.05) is 17.3 Å². The van der Waals surface area contributed by atoms with Gasteiger partial charge in [0.05, 0.1) is 6.20 Å². The maximum absolute atomic E-state index is 13.4. The number of aryl methyl sites for hydroxylation is 2. The molecular formula is C13H15F2N3O. The quantitative estimate of drug-likeness (QED) is 0.922. The summed E-state index contributed by atoms with van der Waals surface area (Å²) < 4.78 is 28.0. The highest BCUT2D eigenvalue weighted by Crippen LogP contribution is 2.16. The second-order valence-electron chi connectivity index (χ2n) is 4.89. The minimum Gasteiger partial charge on any atom is -0.384 e. The monoisotopic (exact) mass is 267 g/mol. The van der Waals surface area contributed by atoms with Gasteiger partial charge >= 0.3 is 0 Å². The van der Waals surface area contributed by atoms with Gasteiger partial charge in [-0.05, 0) is 31.9 Å². The van der Waals surface area contributed by atoms with E-state index in [-0.39, 0.29) is 0 Å². The third-order valence-electron chi connectivity index (χ3n) is 2.81. The van der Waals surface area contributed by atoms with Gasteiger partial charge in [0.2, 0.25) is 0 Å². The molecule has 102 valence electrons. The van der Waals surface area contributed by atoms with E-state index < -0.39 is 17.2 Å².